The molecule has 5 heteroatoms. The lowest BCUT2D eigenvalue weighted by Crippen LogP contribution is -2.22. The Morgan fingerprint density at radius 2 is 2.10 bits per heavy atom. The highest BCUT2D eigenvalue weighted by atomic mass is 19.1. The molecule has 0 aliphatic carbocycles. The second-order valence-corrected chi connectivity index (χ2v) is 4.90. The highest BCUT2D eigenvalue weighted by Gasteiger charge is 2.05. The third-order valence-corrected chi connectivity index (χ3v) is 2.72. The number of nitrogens with zero attached hydrogens (tertiary/aromatic N) is 2. The van der Waals surface area contributed by atoms with Crippen molar-refractivity contribution in [1.82, 2.24) is 15.3 Å². The summed E-state index contributed by atoms with van der Waals surface area (Å²) in [7, 11) is 0. The minimum absolute atomic E-state index is 0.298. The van der Waals surface area contributed by atoms with Gasteiger partial charge < -0.3 is 10.1 Å². The molecule has 20 heavy (non-hydrogen) atoms. The lowest BCUT2D eigenvalue weighted by Gasteiger charge is -2.09. The highest BCUT2D eigenvalue weighted by Crippen LogP contribution is 2.21. The first-order chi connectivity index (χ1) is 9.54. The first-order valence-corrected chi connectivity index (χ1v) is 6.53. The Hall–Kier alpha value is -2.01. The Kier molecular flexibility index (Phi) is 4.63. The fourth-order valence-electron chi connectivity index (χ4n) is 1.59. The van der Waals surface area contributed by atoms with Gasteiger partial charge in [-0.05, 0) is 18.6 Å². The maximum absolute atomic E-state index is 13.4. The number of rotatable bonds is 5. The number of hydrogen-bond donors (Lipinski definition) is 1. The maximum Gasteiger partial charge on any atom is 0.238 e. The van der Waals surface area contributed by atoms with Gasteiger partial charge in [-0.1, -0.05) is 19.9 Å². The van der Waals surface area contributed by atoms with E-state index in [-0.39, 0.29) is 5.82 Å². The van der Waals surface area contributed by atoms with E-state index in [0.29, 0.717) is 29.8 Å². The van der Waals surface area contributed by atoms with Gasteiger partial charge in [-0.2, -0.15) is 0 Å². The summed E-state index contributed by atoms with van der Waals surface area (Å²) in [5, 5.41) is 3.25. The van der Waals surface area contributed by atoms with Crippen LogP contribution in [0.2, 0.25) is 0 Å². The quantitative estimate of drug-likeness (QED) is 0.910. The predicted molar refractivity (Wildman–Crippen MR) is 75.2 cm³/mol. The van der Waals surface area contributed by atoms with E-state index in [4.69, 9.17) is 4.74 Å². The predicted octanol–water partition coefficient (Wildman–Crippen LogP) is 3.21. The van der Waals surface area contributed by atoms with E-state index < -0.39 is 0 Å². The number of benzene rings is 1. The van der Waals surface area contributed by atoms with E-state index in [1.807, 2.05) is 0 Å². The first kappa shape index (κ1) is 14.4. The summed E-state index contributed by atoms with van der Waals surface area (Å²) in [5.74, 6) is 0.473. The number of aryl methyl sites for hydroxylation is 1. The first-order valence-electron chi connectivity index (χ1n) is 6.53. The molecule has 0 saturated carbocycles. The number of aromatic nitrogens is 2. The molecule has 0 amide bonds. The van der Waals surface area contributed by atoms with E-state index in [9.17, 15) is 4.39 Å². The molecule has 0 bridgehead atoms. The Morgan fingerprint density at radius 3 is 2.80 bits per heavy atom. The van der Waals surface area contributed by atoms with Crippen LogP contribution >= 0.6 is 0 Å². The van der Waals surface area contributed by atoms with Crippen LogP contribution in [0.4, 0.5) is 4.39 Å². The van der Waals surface area contributed by atoms with Crippen molar-refractivity contribution in [2.45, 2.75) is 33.4 Å². The summed E-state index contributed by atoms with van der Waals surface area (Å²) in [6, 6.07) is 5.09. The van der Waals surface area contributed by atoms with Gasteiger partial charge in [0.05, 0.1) is 11.9 Å². The summed E-state index contributed by atoms with van der Waals surface area (Å²) in [4.78, 5) is 8.40. The van der Waals surface area contributed by atoms with Crippen LogP contribution in [0.15, 0.2) is 30.6 Å². The number of nitrogens with one attached hydrogen (secondary N) is 1. The summed E-state index contributed by atoms with van der Waals surface area (Å²) in [6.45, 7) is 6.44. The van der Waals surface area contributed by atoms with E-state index >= 15 is 0 Å². The minimum Gasteiger partial charge on any atom is -0.437 e. The Morgan fingerprint density at radius 1 is 1.30 bits per heavy atom. The zero-order chi connectivity index (χ0) is 14.5. The Balaban J connectivity index is 2.08. The SMILES string of the molecule is Cc1ccc(Oc2cncc(CNC(C)C)n2)cc1F. The second kappa shape index (κ2) is 6.43. The van der Waals surface area contributed by atoms with Gasteiger partial charge in [0.25, 0.3) is 0 Å². The van der Waals surface area contributed by atoms with Crippen molar-refractivity contribution in [2.75, 3.05) is 0 Å². The topological polar surface area (TPSA) is 47.0 Å². The van der Waals surface area contributed by atoms with Gasteiger partial charge in [-0.15, -0.1) is 0 Å². The summed E-state index contributed by atoms with van der Waals surface area (Å²) in [5.41, 5.74) is 1.36. The van der Waals surface area contributed by atoms with Crippen molar-refractivity contribution in [3.05, 3.63) is 47.7 Å². The molecule has 0 saturated heterocycles. The highest BCUT2D eigenvalue weighted by molar-refractivity contribution is 5.30. The van der Waals surface area contributed by atoms with Crippen LogP contribution in [0, 0.1) is 12.7 Å². The minimum atomic E-state index is -0.298. The van der Waals surface area contributed by atoms with Gasteiger partial charge in [-0.3, -0.25) is 4.98 Å². The summed E-state index contributed by atoms with van der Waals surface area (Å²) >= 11 is 0. The number of halogens is 1. The molecule has 1 heterocycles. The lowest BCUT2D eigenvalue weighted by atomic mass is 10.2. The average molecular weight is 275 g/mol. The normalized spacial score (nSPS) is 10.8. The van der Waals surface area contributed by atoms with Crippen molar-refractivity contribution in [3.8, 4) is 11.6 Å². The summed E-state index contributed by atoms with van der Waals surface area (Å²) < 4.78 is 19.0. The molecule has 1 N–H and O–H groups in total. The Labute approximate surface area is 118 Å². The van der Waals surface area contributed by atoms with E-state index in [1.54, 1.807) is 25.3 Å². The number of hydrogen-bond acceptors (Lipinski definition) is 4. The van der Waals surface area contributed by atoms with Gasteiger partial charge in [0.1, 0.15) is 11.6 Å². The molecule has 2 rings (SSSR count). The van der Waals surface area contributed by atoms with E-state index in [1.165, 1.54) is 12.3 Å². The van der Waals surface area contributed by atoms with Crippen LogP contribution in [0.25, 0.3) is 0 Å². The molecule has 1 aromatic carbocycles. The molecule has 2 aromatic rings. The molecule has 0 spiro atoms. The van der Waals surface area contributed by atoms with Crippen molar-refractivity contribution in [1.29, 1.82) is 0 Å². The van der Waals surface area contributed by atoms with Gasteiger partial charge in [0.15, 0.2) is 0 Å². The largest absolute Gasteiger partial charge is 0.437 e. The molecule has 0 aliphatic heterocycles. The zero-order valence-corrected chi connectivity index (χ0v) is 11.9. The molecule has 4 nitrogen and oxygen atoms in total. The smallest absolute Gasteiger partial charge is 0.238 e. The molecular formula is C15H18FN3O. The second-order valence-electron chi connectivity index (χ2n) is 4.90. The third-order valence-electron chi connectivity index (χ3n) is 2.72. The van der Waals surface area contributed by atoms with Crippen LogP contribution in [-0.4, -0.2) is 16.0 Å². The fourth-order valence-corrected chi connectivity index (χ4v) is 1.59. The van der Waals surface area contributed by atoms with Crippen LogP contribution in [0.3, 0.4) is 0 Å². The van der Waals surface area contributed by atoms with Crippen LogP contribution in [-0.2, 0) is 6.54 Å². The van der Waals surface area contributed by atoms with E-state index in [2.05, 4.69) is 29.1 Å². The van der Waals surface area contributed by atoms with Crippen molar-refractivity contribution in [2.24, 2.45) is 0 Å². The molecule has 0 radical (unpaired) electrons. The maximum atomic E-state index is 13.4. The Bertz CT molecular complexity index is 587. The van der Waals surface area contributed by atoms with Crippen molar-refractivity contribution >= 4 is 0 Å². The monoisotopic (exact) mass is 275 g/mol. The third kappa shape index (κ3) is 3.99. The van der Waals surface area contributed by atoms with Crippen LogP contribution in [0.1, 0.15) is 25.1 Å². The molecule has 0 fully saturated rings. The lowest BCUT2D eigenvalue weighted by molar-refractivity contribution is 0.450. The number of ether oxygens (including phenoxy) is 1. The van der Waals surface area contributed by atoms with Crippen molar-refractivity contribution < 1.29 is 9.13 Å². The zero-order valence-electron chi connectivity index (χ0n) is 11.9. The van der Waals surface area contributed by atoms with Crippen LogP contribution < -0.4 is 10.1 Å². The molecule has 106 valence electrons. The van der Waals surface area contributed by atoms with Crippen molar-refractivity contribution in [3.63, 3.8) is 0 Å². The van der Waals surface area contributed by atoms with Gasteiger partial charge in [-0.25, -0.2) is 9.37 Å². The summed E-state index contributed by atoms with van der Waals surface area (Å²) in [6.07, 6.45) is 3.19. The van der Waals surface area contributed by atoms with Crippen LogP contribution in [0.5, 0.6) is 11.6 Å². The molecule has 0 atom stereocenters. The molecule has 1 aromatic heterocycles. The molecule has 0 aliphatic rings. The molecular weight excluding hydrogens is 257 g/mol. The van der Waals surface area contributed by atoms with Gasteiger partial charge >= 0.3 is 0 Å². The average Bonchev–Trinajstić information content (AvgIpc) is 2.41. The van der Waals surface area contributed by atoms with Gasteiger partial charge in [0.2, 0.25) is 5.88 Å². The fraction of sp³-hybridized carbons (Fsp3) is 0.333. The molecule has 0 unspecified atom stereocenters. The standard InChI is InChI=1S/C15H18FN3O/c1-10(2)18-8-12-7-17-9-15(19-12)20-13-5-4-11(3)14(16)6-13/h4-7,9-10,18H,8H2,1-3H3. The van der Waals surface area contributed by atoms with E-state index in [0.717, 1.165) is 5.69 Å². The van der Waals surface area contributed by atoms with Gasteiger partial charge in [0, 0.05) is 24.8 Å².